The standard InChI is InChI=1S/C10H12N6O2/c11-8-7-9(13-3-12-8)16(4-14-7)6-1-5(2-17)15-10(6)18/h3-6,17H,1-2H2,(H,15,18)(H2,11,12,13)/t5-,6-/m0/s1. The van der Waals surface area contributed by atoms with Gasteiger partial charge in [-0.05, 0) is 6.42 Å². The first-order valence-electron chi connectivity index (χ1n) is 5.55. The van der Waals surface area contributed by atoms with Crippen molar-refractivity contribution in [2.24, 2.45) is 0 Å². The quantitative estimate of drug-likeness (QED) is 0.616. The first-order chi connectivity index (χ1) is 8.70. The fourth-order valence-corrected chi connectivity index (χ4v) is 2.19. The summed E-state index contributed by atoms with van der Waals surface area (Å²) in [6, 6.07) is -0.638. The predicted molar refractivity (Wildman–Crippen MR) is 62.4 cm³/mol. The van der Waals surface area contributed by atoms with Crippen molar-refractivity contribution in [1.82, 2.24) is 24.8 Å². The molecule has 4 N–H and O–H groups in total. The number of rotatable bonds is 2. The van der Waals surface area contributed by atoms with Crippen LogP contribution in [0.4, 0.5) is 5.82 Å². The van der Waals surface area contributed by atoms with Gasteiger partial charge in [-0.15, -0.1) is 0 Å². The monoisotopic (exact) mass is 248 g/mol. The van der Waals surface area contributed by atoms with Gasteiger partial charge in [0.25, 0.3) is 0 Å². The summed E-state index contributed by atoms with van der Waals surface area (Å²) in [5, 5.41) is 11.8. The Balaban J connectivity index is 2.05. The normalized spacial score (nSPS) is 23.5. The number of carbonyl (C=O) groups is 1. The third-order valence-electron chi connectivity index (χ3n) is 3.10. The lowest BCUT2D eigenvalue weighted by molar-refractivity contribution is -0.122. The van der Waals surface area contributed by atoms with Crippen molar-refractivity contribution in [3.05, 3.63) is 12.7 Å². The SMILES string of the molecule is Nc1ncnc2c1ncn2[C@H]1C[C@@H](CO)NC1=O. The number of imidazole rings is 1. The van der Waals surface area contributed by atoms with Gasteiger partial charge in [0.15, 0.2) is 11.5 Å². The van der Waals surface area contributed by atoms with Crippen LogP contribution in [0.2, 0.25) is 0 Å². The van der Waals surface area contributed by atoms with Gasteiger partial charge < -0.3 is 20.7 Å². The molecule has 2 atom stereocenters. The zero-order valence-electron chi connectivity index (χ0n) is 9.45. The van der Waals surface area contributed by atoms with Gasteiger partial charge in [0.05, 0.1) is 19.0 Å². The van der Waals surface area contributed by atoms with Crippen LogP contribution in [0.1, 0.15) is 12.5 Å². The van der Waals surface area contributed by atoms with E-state index >= 15 is 0 Å². The molecule has 0 radical (unpaired) electrons. The zero-order chi connectivity index (χ0) is 12.7. The zero-order valence-corrected chi connectivity index (χ0v) is 9.45. The molecule has 2 aromatic heterocycles. The molecule has 18 heavy (non-hydrogen) atoms. The van der Waals surface area contributed by atoms with E-state index in [0.29, 0.717) is 17.6 Å². The van der Waals surface area contributed by atoms with Crippen molar-refractivity contribution in [1.29, 1.82) is 0 Å². The molecule has 0 aliphatic carbocycles. The number of aliphatic hydroxyl groups excluding tert-OH is 1. The molecule has 94 valence electrons. The molecule has 1 aliphatic rings. The number of amides is 1. The van der Waals surface area contributed by atoms with E-state index in [9.17, 15) is 4.79 Å². The number of aromatic nitrogens is 4. The summed E-state index contributed by atoms with van der Waals surface area (Å²) >= 11 is 0. The number of fused-ring (bicyclic) bond motifs is 1. The molecule has 0 saturated carbocycles. The maximum atomic E-state index is 11.8. The molecule has 8 nitrogen and oxygen atoms in total. The number of carbonyl (C=O) groups excluding carboxylic acids is 1. The van der Waals surface area contributed by atoms with Crippen LogP contribution in [0.25, 0.3) is 11.2 Å². The van der Waals surface area contributed by atoms with E-state index in [1.54, 1.807) is 4.57 Å². The second kappa shape index (κ2) is 3.91. The molecule has 3 heterocycles. The van der Waals surface area contributed by atoms with Crippen LogP contribution in [0, 0.1) is 0 Å². The van der Waals surface area contributed by atoms with Crippen LogP contribution < -0.4 is 11.1 Å². The molecule has 0 unspecified atom stereocenters. The van der Waals surface area contributed by atoms with Crippen LogP contribution in [0.3, 0.4) is 0 Å². The number of nitrogen functional groups attached to an aromatic ring is 1. The Bertz CT molecular complexity index is 609. The van der Waals surface area contributed by atoms with Crippen molar-refractivity contribution in [2.75, 3.05) is 12.3 Å². The lowest BCUT2D eigenvalue weighted by Gasteiger charge is -2.09. The van der Waals surface area contributed by atoms with Gasteiger partial charge in [0.2, 0.25) is 5.91 Å². The van der Waals surface area contributed by atoms with Gasteiger partial charge in [-0.2, -0.15) is 0 Å². The van der Waals surface area contributed by atoms with Crippen molar-refractivity contribution >= 4 is 22.9 Å². The average Bonchev–Trinajstić information content (AvgIpc) is 2.93. The van der Waals surface area contributed by atoms with E-state index in [1.807, 2.05) is 0 Å². The Labute approximate surface area is 102 Å². The van der Waals surface area contributed by atoms with Crippen LogP contribution in [0.5, 0.6) is 0 Å². The summed E-state index contributed by atoms with van der Waals surface area (Å²) in [5.74, 6) is 0.140. The highest BCUT2D eigenvalue weighted by Crippen LogP contribution is 2.25. The van der Waals surface area contributed by atoms with E-state index in [2.05, 4.69) is 20.3 Å². The third kappa shape index (κ3) is 1.50. The first kappa shape index (κ1) is 10.9. The van der Waals surface area contributed by atoms with Gasteiger partial charge in [0, 0.05) is 0 Å². The minimum Gasteiger partial charge on any atom is -0.394 e. The summed E-state index contributed by atoms with van der Waals surface area (Å²) in [6.07, 6.45) is 3.37. The van der Waals surface area contributed by atoms with E-state index in [0.717, 1.165) is 0 Å². The smallest absolute Gasteiger partial charge is 0.243 e. The summed E-state index contributed by atoms with van der Waals surface area (Å²) < 4.78 is 1.67. The Morgan fingerprint density at radius 1 is 1.50 bits per heavy atom. The summed E-state index contributed by atoms with van der Waals surface area (Å²) in [7, 11) is 0. The molecule has 3 rings (SSSR count). The van der Waals surface area contributed by atoms with Crippen molar-refractivity contribution in [2.45, 2.75) is 18.5 Å². The van der Waals surface area contributed by atoms with Crippen LogP contribution >= 0.6 is 0 Å². The third-order valence-corrected chi connectivity index (χ3v) is 3.10. The number of nitrogens with zero attached hydrogens (tertiary/aromatic N) is 4. The Kier molecular flexibility index (Phi) is 2.37. The van der Waals surface area contributed by atoms with Crippen molar-refractivity contribution in [3.63, 3.8) is 0 Å². The van der Waals surface area contributed by atoms with Gasteiger partial charge in [0.1, 0.15) is 17.9 Å². The van der Waals surface area contributed by atoms with E-state index < -0.39 is 6.04 Å². The Morgan fingerprint density at radius 2 is 2.33 bits per heavy atom. The topological polar surface area (TPSA) is 119 Å². The molecule has 1 aliphatic heterocycles. The van der Waals surface area contributed by atoms with Crippen LogP contribution in [-0.4, -0.2) is 43.2 Å². The molecular weight excluding hydrogens is 236 g/mol. The van der Waals surface area contributed by atoms with E-state index in [1.165, 1.54) is 12.7 Å². The lowest BCUT2D eigenvalue weighted by Crippen LogP contribution is -2.29. The highest BCUT2D eigenvalue weighted by atomic mass is 16.3. The van der Waals surface area contributed by atoms with Gasteiger partial charge in [-0.25, -0.2) is 15.0 Å². The predicted octanol–water partition coefficient (Wildman–Crippen LogP) is -1.17. The van der Waals surface area contributed by atoms with Crippen molar-refractivity contribution in [3.8, 4) is 0 Å². The van der Waals surface area contributed by atoms with Crippen LogP contribution in [-0.2, 0) is 4.79 Å². The lowest BCUT2D eigenvalue weighted by atomic mass is 10.2. The highest BCUT2D eigenvalue weighted by Gasteiger charge is 2.33. The molecule has 1 amide bonds. The van der Waals surface area contributed by atoms with E-state index in [4.69, 9.17) is 10.8 Å². The van der Waals surface area contributed by atoms with Gasteiger partial charge >= 0.3 is 0 Å². The fraction of sp³-hybridized carbons (Fsp3) is 0.400. The average molecular weight is 248 g/mol. The Morgan fingerprint density at radius 3 is 3.06 bits per heavy atom. The maximum absolute atomic E-state index is 11.8. The number of anilines is 1. The minimum atomic E-state index is -0.415. The maximum Gasteiger partial charge on any atom is 0.243 e. The molecule has 0 aromatic carbocycles. The molecule has 0 bridgehead atoms. The minimum absolute atomic E-state index is 0.0774. The molecular formula is C10H12N6O2. The number of hydrogen-bond acceptors (Lipinski definition) is 6. The number of nitrogens with one attached hydrogen (secondary N) is 1. The molecule has 1 saturated heterocycles. The molecule has 2 aromatic rings. The summed E-state index contributed by atoms with van der Waals surface area (Å²) in [6.45, 7) is -0.0774. The Hall–Kier alpha value is -2.22. The first-order valence-corrected chi connectivity index (χ1v) is 5.55. The number of hydrogen-bond donors (Lipinski definition) is 3. The van der Waals surface area contributed by atoms with Gasteiger partial charge in [-0.1, -0.05) is 0 Å². The second-order valence-electron chi connectivity index (χ2n) is 4.22. The van der Waals surface area contributed by atoms with Crippen molar-refractivity contribution < 1.29 is 9.90 Å². The van der Waals surface area contributed by atoms with E-state index in [-0.39, 0.29) is 24.4 Å². The fourth-order valence-electron chi connectivity index (χ4n) is 2.19. The number of nitrogens with two attached hydrogens (primary N) is 1. The molecule has 1 fully saturated rings. The van der Waals surface area contributed by atoms with Crippen LogP contribution in [0.15, 0.2) is 12.7 Å². The largest absolute Gasteiger partial charge is 0.394 e. The molecule has 8 heteroatoms. The van der Waals surface area contributed by atoms with Gasteiger partial charge in [-0.3, -0.25) is 4.79 Å². The second-order valence-corrected chi connectivity index (χ2v) is 4.22. The summed E-state index contributed by atoms with van der Waals surface area (Å²) in [5.41, 5.74) is 6.70. The number of aliphatic hydroxyl groups is 1. The summed E-state index contributed by atoms with van der Waals surface area (Å²) in [4.78, 5) is 23.9. The molecule has 0 spiro atoms. The highest BCUT2D eigenvalue weighted by molar-refractivity contribution is 5.87.